The molecule has 0 bridgehead atoms. The van der Waals surface area contributed by atoms with E-state index in [-0.39, 0.29) is 5.69 Å². The Morgan fingerprint density at radius 3 is 2.88 bits per heavy atom. The number of aromatic carboxylic acids is 1. The van der Waals surface area contributed by atoms with Crippen LogP contribution in [0.2, 0.25) is 0 Å². The fourth-order valence-corrected chi connectivity index (χ4v) is 1.46. The Balaban J connectivity index is 2.57. The lowest BCUT2D eigenvalue weighted by Crippen LogP contribution is -2.05. The molecule has 88 valence electrons. The maximum absolute atomic E-state index is 10.9. The first-order valence-electron chi connectivity index (χ1n) is 4.80. The number of hydrogen-bond donors (Lipinski definition) is 1. The largest absolute Gasteiger partial charge is 0.479 e. The van der Waals surface area contributed by atoms with Crippen molar-refractivity contribution in [2.24, 2.45) is 0 Å². The summed E-state index contributed by atoms with van der Waals surface area (Å²) in [6.07, 6.45) is 1.58. The van der Waals surface area contributed by atoms with Crippen molar-refractivity contribution >= 4 is 5.97 Å². The first-order valence-corrected chi connectivity index (χ1v) is 4.80. The second-order valence-electron chi connectivity index (χ2n) is 3.27. The van der Waals surface area contributed by atoms with Gasteiger partial charge in [-0.2, -0.15) is 0 Å². The lowest BCUT2D eigenvalue weighted by Gasteiger charge is -2.07. The van der Waals surface area contributed by atoms with Gasteiger partial charge in [0.1, 0.15) is 5.69 Å². The second kappa shape index (κ2) is 4.20. The normalized spacial score (nSPS) is 10.2. The summed E-state index contributed by atoms with van der Waals surface area (Å²) in [5.41, 5.74) is 0.882. The number of aromatic nitrogens is 4. The van der Waals surface area contributed by atoms with E-state index >= 15 is 0 Å². The van der Waals surface area contributed by atoms with E-state index in [1.54, 1.807) is 25.3 Å². The zero-order valence-corrected chi connectivity index (χ0v) is 9.28. The van der Waals surface area contributed by atoms with Gasteiger partial charge in [-0.15, -0.1) is 5.10 Å². The molecule has 2 heterocycles. The summed E-state index contributed by atoms with van der Waals surface area (Å²) in [4.78, 5) is 14.9. The standard InChI is InChI=1S/C10H10N4O3/c1-6-8(10(15)16)12-13-14(6)7-4-3-5-11-9(7)17-2/h3-5H,1-2H3,(H,15,16). The van der Waals surface area contributed by atoms with Gasteiger partial charge in [-0.3, -0.25) is 0 Å². The van der Waals surface area contributed by atoms with Gasteiger partial charge in [0.15, 0.2) is 5.69 Å². The molecule has 17 heavy (non-hydrogen) atoms. The van der Waals surface area contributed by atoms with Crippen LogP contribution in [0.4, 0.5) is 0 Å². The fraction of sp³-hybridized carbons (Fsp3) is 0.200. The molecule has 0 aliphatic rings. The summed E-state index contributed by atoms with van der Waals surface area (Å²) in [5, 5.41) is 16.3. The molecule has 0 saturated carbocycles. The van der Waals surface area contributed by atoms with E-state index in [0.29, 0.717) is 17.3 Å². The quantitative estimate of drug-likeness (QED) is 0.839. The van der Waals surface area contributed by atoms with Gasteiger partial charge in [0.2, 0.25) is 5.88 Å². The van der Waals surface area contributed by atoms with Crippen LogP contribution in [-0.4, -0.2) is 38.2 Å². The number of carbonyl (C=O) groups is 1. The molecule has 0 aliphatic carbocycles. The number of hydrogen-bond acceptors (Lipinski definition) is 5. The van der Waals surface area contributed by atoms with Gasteiger partial charge >= 0.3 is 5.97 Å². The molecule has 0 aromatic carbocycles. The molecule has 0 atom stereocenters. The highest BCUT2D eigenvalue weighted by Gasteiger charge is 2.18. The van der Waals surface area contributed by atoms with E-state index < -0.39 is 5.97 Å². The number of nitrogens with zero attached hydrogens (tertiary/aromatic N) is 4. The van der Waals surface area contributed by atoms with Gasteiger partial charge in [-0.1, -0.05) is 5.21 Å². The fourth-order valence-electron chi connectivity index (χ4n) is 1.46. The summed E-state index contributed by atoms with van der Waals surface area (Å²) < 4.78 is 6.46. The summed E-state index contributed by atoms with van der Waals surface area (Å²) >= 11 is 0. The molecule has 0 unspecified atom stereocenters. The van der Waals surface area contributed by atoms with Crippen LogP contribution in [0.15, 0.2) is 18.3 Å². The molecule has 0 spiro atoms. The van der Waals surface area contributed by atoms with Crippen molar-refractivity contribution in [3.05, 3.63) is 29.7 Å². The molecule has 0 fully saturated rings. The van der Waals surface area contributed by atoms with Crippen LogP contribution in [-0.2, 0) is 0 Å². The predicted molar refractivity (Wildman–Crippen MR) is 57.4 cm³/mol. The second-order valence-corrected chi connectivity index (χ2v) is 3.27. The maximum atomic E-state index is 10.9. The minimum Gasteiger partial charge on any atom is -0.479 e. The summed E-state index contributed by atoms with van der Waals surface area (Å²) in [6.45, 7) is 1.62. The predicted octanol–water partition coefficient (Wildman–Crippen LogP) is 0.678. The van der Waals surface area contributed by atoms with E-state index in [2.05, 4.69) is 15.3 Å². The van der Waals surface area contributed by atoms with E-state index in [0.717, 1.165) is 0 Å². The van der Waals surface area contributed by atoms with Crippen LogP contribution in [0, 0.1) is 6.92 Å². The number of carboxylic acid groups (broad SMARTS) is 1. The molecule has 0 amide bonds. The minimum absolute atomic E-state index is 0.0871. The molecule has 2 aromatic rings. The lowest BCUT2D eigenvalue weighted by molar-refractivity contribution is 0.0689. The average molecular weight is 234 g/mol. The summed E-state index contributed by atoms with van der Waals surface area (Å²) in [6, 6.07) is 3.43. The topological polar surface area (TPSA) is 90.1 Å². The minimum atomic E-state index is -1.11. The first-order chi connectivity index (χ1) is 8.15. The molecule has 7 nitrogen and oxygen atoms in total. The van der Waals surface area contributed by atoms with Crippen LogP contribution in [0.5, 0.6) is 5.88 Å². The molecular formula is C10H10N4O3. The number of ether oxygens (including phenoxy) is 1. The summed E-state index contributed by atoms with van der Waals surface area (Å²) in [7, 11) is 1.48. The van der Waals surface area contributed by atoms with Crippen molar-refractivity contribution in [1.82, 2.24) is 20.0 Å². The third-order valence-electron chi connectivity index (χ3n) is 2.27. The molecule has 2 aromatic heterocycles. The molecule has 1 N–H and O–H groups in total. The first kappa shape index (κ1) is 11.1. The zero-order valence-electron chi connectivity index (χ0n) is 9.28. The zero-order chi connectivity index (χ0) is 12.4. The van der Waals surface area contributed by atoms with Gasteiger partial charge in [0, 0.05) is 6.20 Å². The Hall–Kier alpha value is -2.44. The van der Waals surface area contributed by atoms with Crippen molar-refractivity contribution < 1.29 is 14.6 Å². The Bertz CT molecular complexity index is 564. The van der Waals surface area contributed by atoms with Crippen LogP contribution in [0.3, 0.4) is 0 Å². The Labute approximate surface area is 96.7 Å². The van der Waals surface area contributed by atoms with Crippen LogP contribution in [0.1, 0.15) is 16.2 Å². The Morgan fingerprint density at radius 2 is 2.29 bits per heavy atom. The van der Waals surface area contributed by atoms with Gasteiger partial charge < -0.3 is 9.84 Å². The third-order valence-corrected chi connectivity index (χ3v) is 2.27. The van der Waals surface area contributed by atoms with E-state index in [1.165, 1.54) is 11.8 Å². The third kappa shape index (κ3) is 1.82. The van der Waals surface area contributed by atoms with E-state index in [1.807, 2.05) is 0 Å². The number of pyridine rings is 1. The van der Waals surface area contributed by atoms with Gasteiger partial charge in [0.25, 0.3) is 0 Å². The smallest absolute Gasteiger partial charge is 0.358 e. The van der Waals surface area contributed by atoms with Gasteiger partial charge in [-0.25, -0.2) is 14.5 Å². The van der Waals surface area contributed by atoms with Crippen molar-refractivity contribution in [3.8, 4) is 11.6 Å². The molecule has 7 heteroatoms. The summed E-state index contributed by atoms with van der Waals surface area (Å²) in [5.74, 6) is -0.756. The van der Waals surface area contributed by atoms with Gasteiger partial charge in [0.05, 0.1) is 12.8 Å². The van der Waals surface area contributed by atoms with Crippen LogP contribution >= 0.6 is 0 Å². The molecule has 2 rings (SSSR count). The molecule has 0 saturated heterocycles. The lowest BCUT2D eigenvalue weighted by atomic mass is 10.3. The molecule has 0 radical (unpaired) electrons. The Morgan fingerprint density at radius 1 is 1.53 bits per heavy atom. The van der Waals surface area contributed by atoms with Crippen molar-refractivity contribution in [2.75, 3.05) is 7.11 Å². The van der Waals surface area contributed by atoms with Crippen LogP contribution < -0.4 is 4.74 Å². The van der Waals surface area contributed by atoms with Gasteiger partial charge in [-0.05, 0) is 19.1 Å². The highest BCUT2D eigenvalue weighted by molar-refractivity contribution is 5.86. The van der Waals surface area contributed by atoms with Crippen molar-refractivity contribution in [2.45, 2.75) is 6.92 Å². The number of carboxylic acids is 1. The van der Waals surface area contributed by atoms with Crippen LogP contribution in [0.25, 0.3) is 5.69 Å². The SMILES string of the molecule is COc1ncccc1-n1nnc(C(=O)O)c1C. The molecule has 0 aliphatic heterocycles. The average Bonchev–Trinajstić information content (AvgIpc) is 2.71. The monoisotopic (exact) mass is 234 g/mol. The van der Waals surface area contributed by atoms with Crippen molar-refractivity contribution in [3.63, 3.8) is 0 Å². The molecular weight excluding hydrogens is 224 g/mol. The van der Waals surface area contributed by atoms with E-state index in [4.69, 9.17) is 9.84 Å². The van der Waals surface area contributed by atoms with Crippen molar-refractivity contribution in [1.29, 1.82) is 0 Å². The maximum Gasteiger partial charge on any atom is 0.358 e. The van der Waals surface area contributed by atoms with E-state index in [9.17, 15) is 4.79 Å². The highest BCUT2D eigenvalue weighted by atomic mass is 16.5. The number of methoxy groups -OCH3 is 1. The highest BCUT2D eigenvalue weighted by Crippen LogP contribution is 2.20. The number of rotatable bonds is 3. The Kier molecular flexibility index (Phi) is 2.73.